The van der Waals surface area contributed by atoms with Crippen molar-refractivity contribution in [1.82, 2.24) is 31.2 Å². The first-order valence-electron chi connectivity index (χ1n) is 17.1. The highest BCUT2D eigenvalue weighted by atomic mass is 16.4. The summed E-state index contributed by atoms with van der Waals surface area (Å²) in [6.07, 6.45) is 3.91. The monoisotopic (exact) mass is 677 g/mol. The van der Waals surface area contributed by atoms with Crippen molar-refractivity contribution in [1.29, 1.82) is 0 Å². The Morgan fingerprint density at radius 1 is 0.780 bits per heavy atom. The van der Waals surface area contributed by atoms with E-state index in [1.54, 1.807) is 6.20 Å². The Balaban J connectivity index is 1.18. The van der Waals surface area contributed by atoms with Crippen LogP contribution in [0.2, 0.25) is 0 Å². The zero-order valence-corrected chi connectivity index (χ0v) is 27.7. The number of carbonyl (C=O) groups excluding carboxylic acids is 3. The fourth-order valence-electron chi connectivity index (χ4n) is 6.68. The molecule has 0 bridgehead atoms. The fraction of sp³-hybridized carbons (Fsp3) is 0.316. The number of fused-ring (bicyclic) bond motifs is 4. The van der Waals surface area contributed by atoms with Crippen LogP contribution in [0.5, 0.6) is 0 Å². The highest BCUT2D eigenvalue weighted by Crippen LogP contribution is 2.26. The van der Waals surface area contributed by atoms with E-state index in [1.807, 2.05) is 78.9 Å². The summed E-state index contributed by atoms with van der Waals surface area (Å²) in [6, 6.07) is 20.8. The summed E-state index contributed by atoms with van der Waals surface area (Å²) in [5, 5.41) is 23.8. The van der Waals surface area contributed by atoms with Gasteiger partial charge in [-0.15, -0.1) is 0 Å². The van der Waals surface area contributed by atoms with Crippen LogP contribution in [0.3, 0.4) is 0 Å². The lowest BCUT2D eigenvalue weighted by Crippen LogP contribution is -2.58. The summed E-state index contributed by atoms with van der Waals surface area (Å²) in [4.78, 5) is 60.3. The van der Waals surface area contributed by atoms with Crippen molar-refractivity contribution in [3.63, 3.8) is 0 Å². The summed E-state index contributed by atoms with van der Waals surface area (Å²) < 4.78 is 0. The van der Waals surface area contributed by atoms with Crippen LogP contribution in [0, 0.1) is 0 Å². The third-order valence-electron chi connectivity index (χ3n) is 9.36. The van der Waals surface area contributed by atoms with E-state index in [2.05, 4.69) is 31.2 Å². The largest absolute Gasteiger partial charge is 0.480 e. The topological polar surface area (TPSA) is 194 Å². The molecule has 0 aliphatic carbocycles. The quantitative estimate of drug-likeness (QED) is 0.0781. The van der Waals surface area contributed by atoms with Crippen LogP contribution >= 0.6 is 0 Å². The van der Waals surface area contributed by atoms with E-state index in [-0.39, 0.29) is 18.7 Å². The molecule has 0 saturated heterocycles. The number of hydrogen-bond acceptors (Lipinski definition) is 6. The number of carboxylic acids is 1. The molecule has 2 aromatic heterocycles. The van der Waals surface area contributed by atoms with Gasteiger partial charge in [0.1, 0.15) is 18.1 Å². The Morgan fingerprint density at radius 3 is 2.22 bits per heavy atom. The van der Waals surface area contributed by atoms with Crippen molar-refractivity contribution >= 4 is 45.5 Å². The number of H-pyrrole nitrogens is 2. The number of carbonyl (C=O) groups is 4. The second-order valence-corrected chi connectivity index (χ2v) is 12.8. The molecule has 9 N–H and O–H groups in total. The van der Waals surface area contributed by atoms with Gasteiger partial charge in [0.2, 0.25) is 17.7 Å². The third-order valence-corrected chi connectivity index (χ3v) is 9.36. The number of para-hydroxylation sites is 2. The Kier molecular flexibility index (Phi) is 10.9. The minimum absolute atomic E-state index is 0.0430. The summed E-state index contributed by atoms with van der Waals surface area (Å²) in [7, 11) is 0. The number of nitrogens with one attached hydrogen (secondary N) is 6. The maximum absolute atomic E-state index is 13.9. The fourth-order valence-corrected chi connectivity index (χ4v) is 6.68. The smallest absolute Gasteiger partial charge is 0.326 e. The molecular formula is C38H43N7O5. The van der Waals surface area contributed by atoms with Gasteiger partial charge in [-0.25, -0.2) is 4.79 Å². The predicted octanol–water partition coefficient (Wildman–Crippen LogP) is 2.82. The number of amides is 3. The zero-order valence-electron chi connectivity index (χ0n) is 27.7. The van der Waals surface area contributed by atoms with Gasteiger partial charge >= 0.3 is 5.97 Å². The summed E-state index contributed by atoms with van der Waals surface area (Å²) in [5.41, 5.74) is 11.2. The number of nitrogens with two attached hydrogens (primary N) is 1. The number of benzene rings is 3. The van der Waals surface area contributed by atoms with E-state index in [9.17, 15) is 24.3 Å². The molecule has 5 aromatic rings. The lowest BCUT2D eigenvalue weighted by molar-refractivity contribution is -0.142. The molecule has 0 fully saturated rings. The Morgan fingerprint density at radius 2 is 1.46 bits per heavy atom. The van der Waals surface area contributed by atoms with Crippen LogP contribution < -0.4 is 27.0 Å². The Bertz CT molecular complexity index is 1970. The molecule has 12 nitrogen and oxygen atoms in total. The van der Waals surface area contributed by atoms with Crippen molar-refractivity contribution in [3.05, 3.63) is 107 Å². The normalized spacial score (nSPS) is 15.9. The number of unbranched alkanes of at least 4 members (excludes halogenated alkanes) is 1. The molecule has 6 rings (SSSR count). The number of aromatic amines is 2. The maximum Gasteiger partial charge on any atom is 0.326 e. The molecule has 4 atom stereocenters. The van der Waals surface area contributed by atoms with E-state index >= 15 is 0 Å². The molecule has 50 heavy (non-hydrogen) atoms. The number of aromatic nitrogens is 2. The third kappa shape index (κ3) is 8.04. The number of hydrogen-bond donors (Lipinski definition) is 8. The molecule has 12 heteroatoms. The van der Waals surface area contributed by atoms with Crippen LogP contribution in [0.15, 0.2) is 85.1 Å². The average molecular weight is 678 g/mol. The van der Waals surface area contributed by atoms with Gasteiger partial charge in [0.15, 0.2) is 0 Å². The van der Waals surface area contributed by atoms with Gasteiger partial charge in [0.05, 0.1) is 6.04 Å². The molecule has 1 unspecified atom stereocenters. The van der Waals surface area contributed by atoms with E-state index < -0.39 is 42.0 Å². The maximum atomic E-state index is 13.9. The molecule has 1 aliphatic rings. The Hall–Kier alpha value is -5.46. The first-order valence-corrected chi connectivity index (χ1v) is 17.1. The van der Waals surface area contributed by atoms with E-state index in [1.165, 1.54) is 0 Å². The van der Waals surface area contributed by atoms with Crippen molar-refractivity contribution in [2.45, 2.75) is 69.2 Å². The average Bonchev–Trinajstić information content (AvgIpc) is 3.71. The van der Waals surface area contributed by atoms with Gasteiger partial charge in [-0.3, -0.25) is 19.7 Å². The van der Waals surface area contributed by atoms with Crippen LogP contribution in [0.4, 0.5) is 0 Å². The van der Waals surface area contributed by atoms with Gasteiger partial charge in [0.25, 0.3) is 0 Å². The molecule has 260 valence electrons. The van der Waals surface area contributed by atoms with E-state index in [0.29, 0.717) is 38.8 Å². The molecule has 0 radical (unpaired) electrons. The van der Waals surface area contributed by atoms with Gasteiger partial charge in [-0.05, 0) is 61.1 Å². The summed E-state index contributed by atoms with van der Waals surface area (Å²) in [5.74, 6) is -2.68. The molecule has 3 heterocycles. The number of carboxylic acid groups (broad SMARTS) is 1. The molecular weight excluding hydrogens is 634 g/mol. The van der Waals surface area contributed by atoms with Crippen molar-refractivity contribution in [2.75, 3.05) is 6.54 Å². The first-order chi connectivity index (χ1) is 24.3. The SMILES string of the molecule is NCCCC[C@H](NC(=O)C1Cc2c([nH]c3ccccc23)CN1)C(=O)N[C@@H](Cc1ccccc1)C(=O)N[C@@H](Cc1c[nH]c2ccccc12)C(=O)O. The zero-order chi connectivity index (χ0) is 35.0. The lowest BCUT2D eigenvalue weighted by Gasteiger charge is -2.28. The van der Waals surface area contributed by atoms with Crippen LogP contribution in [-0.4, -0.2) is 69.5 Å². The highest BCUT2D eigenvalue weighted by molar-refractivity contribution is 5.95. The predicted molar refractivity (Wildman–Crippen MR) is 191 cm³/mol. The number of aliphatic carboxylic acids is 1. The van der Waals surface area contributed by atoms with Crippen molar-refractivity contribution in [3.8, 4) is 0 Å². The summed E-state index contributed by atoms with van der Waals surface area (Å²) in [6.45, 7) is 0.913. The molecule has 3 amide bonds. The van der Waals surface area contributed by atoms with Gasteiger partial charge in [-0.2, -0.15) is 0 Å². The standard InChI is InChI=1S/C38H43N7O5/c39-17-9-8-16-30(43-36(47)31-20-27-26-13-5-7-15-29(26)42-34(27)22-41-31)35(46)44-32(18-23-10-2-1-3-11-23)37(48)45-33(38(49)50)19-24-21-40-28-14-6-4-12-25(24)28/h1-7,10-15,21,30-33,40-42H,8-9,16-20,22,39H2,(H,43,47)(H,44,46)(H,45,48)(H,49,50)/t30-,31?,32-,33-/m0/s1. The van der Waals surface area contributed by atoms with Gasteiger partial charge in [-0.1, -0.05) is 66.7 Å². The highest BCUT2D eigenvalue weighted by Gasteiger charge is 2.33. The second-order valence-electron chi connectivity index (χ2n) is 12.8. The number of rotatable bonds is 15. The van der Waals surface area contributed by atoms with Crippen LogP contribution in [0.1, 0.15) is 41.6 Å². The molecule has 3 aromatic carbocycles. The van der Waals surface area contributed by atoms with Crippen LogP contribution in [-0.2, 0) is 45.0 Å². The second kappa shape index (κ2) is 15.8. The molecule has 0 spiro atoms. The van der Waals surface area contributed by atoms with E-state index in [4.69, 9.17) is 5.73 Å². The lowest BCUT2D eigenvalue weighted by atomic mass is 9.97. The van der Waals surface area contributed by atoms with Gasteiger partial charge in [0, 0.05) is 53.1 Å². The summed E-state index contributed by atoms with van der Waals surface area (Å²) >= 11 is 0. The van der Waals surface area contributed by atoms with Crippen LogP contribution in [0.25, 0.3) is 21.8 Å². The molecule has 1 aliphatic heterocycles. The molecule has 0 saturated carbocycles. The first kappa shape index (κ1) is 34.4. The minimum Gasteiger partial charge on any atom is -0.480 e. The van der Waals surface area contributed by atoms with Crippen molar-refractivity contribution < 1.29 is 24.3 Å². The van der Waals surface area contributed by atoms with Gasteiger partial charge < -0.3 is 36.8 Å². The van der Waals surface area contributed by atoms with E-state index in [0.717, 1.165) is 44.2 Å². The Labute approximate surface area is 289 Å². The minimum atomic E-state index is -1.25. The van der Waals surface area contributed by atoms with Crippen molar-refractivity contribution in [2.24, 2.45) is 5.73 Å².